The summed E-state index contributed by atoms with van der Waals surface area (Å²) >= 11 is 1.65. The maximum absolute atomic E-state index is 13.1. The van der Waals surface area contributed by atoms with Crippen LogP contribution in [0.4, 0.5) is 10.1 Å². The number of hydrogen-bond acceptors (Lipinski definition) is 3. The molecule has 2 atom stereocenters. The van der Waals surface area contributed by atoms with Gasteiger partial charge >= 0.3 is 0 Å². The monoisotopic (exact) mass is 276 g/mol. The zero-order valence-electron chi connectivity index (χ0n) is 10.3. The molecule has 0 saturated carbocycles. The van der Waals surface area contributed by atoms with Crippen molar-refractivity contribution in [3.8, 4) is 0 Å². The Labute approximate surface area is 114 Å². The number of rotatable bonds is 3. The first-order valence-corrected chi connectivity index (χ1v) is 6.93. The van der Waals surface area contributed by atoms with E-state index in [1.165, 1.54) is 17.0 Å². The number of benzene rings is 1. The van der Waals surface area contributed by atoms with Crippen molar-refractivity contribution in [1.29, 1.82) is 0 Å². The molecule has 3 rings (SSSR count). The van der Waals surface area contributed by atoms with Crippen molar-refractivity contribution in [2.24, 2.45) is 0 Å². The topological polar surface area (TPSA) is 41.1 Å². The number of carbonyl (C=O) groups is 1. The van der Waals surface area contributed by atoms with E-state index in [1.54, 1.807) is 17.4 Å². The van der Waals surface area contributed by atoms with Crippen molar-refractivity contribution in [3.05, 3.63) is 52.0 Å². The first-order valence-electron chi connectivity index (χ1n) is 6.05. The summed E-state index contributed by atoms with van der Waals surface area (Å²) in [7, 11) is 0. The predicted octanol–water partition coefficient (Wildman–Crippen LogP) is 3.23. The van der Waals surface area contributed by atoms with Gasteiger partial charge in [0.2, 0.25) is 5.91 Å². The third-order valence-electron chi connectivity index (χ3n) is 3.23. The SMILES string of the molecule is CC(NC1C(=O)Nc2cc(F)ccc21)c1cccs1. The van der Waals surface area contributed by atoms with Crippen LogP contribution in [0, 0.1) is 5.82 Å². The molecule has 1 aromatic carbocycles. The van der Waals surface area contributed by atoms with Crippen LogP contribution in [0.3, 0.4) is 0 Å². The van der Waals surface area contributed by atoms with Crippen LogP contribution in [-0.4, -0.2) is 5.91 Å². The highest BCUT2D eigenvalue weighted by Crippen LogP contribution is 2.33. The minimum atomic E-state index is -0.423. The van der Waals surface area contributed by atoms with E-state index in [4.69, 9.17) is 0 Å². The molecule has 0 saturated heterocycles. The summed E-state index contributed by atoms with van der Waals surface area (Å²) in [6.45, 7) is 2.01. The van der Waals surface area contributed by atoms with Crippen LogP contribution >= 0.6 is 11.3 Å². The van der Waals surface area contributed by atoms with E-state index >= 15 is 0 Å². The molecule has 2 heterocycles. The number of fused-ring (bicyclic) bond motifs is 1. The van der Waals surface area contributed by atoms with Gasteiger partial charge < -0.3 is 5.32 Å². The molecule has 1 aromatic heterocycles. The number of nitrogens with one attached hydrogen (secondary N) is 2. The van der Waals surface area contributed by atoms with Crippen molar-refractivity contribution in [2.45, 2.75) is 19.0 Å². The van der Waals surface area contributed by atoms with Gasteiger partial charge in [-0.1, -0.05) is 12.1 Å². The summed E-state index contributed by atoms with van der Waals surface area (Å²) in [5.41, 5.74) is 1.36. The third-order valence-corrected chi connectivity index (χ3v) is 4.29. The number of carbonyl (C=O) groups excluding carboxylic acids is 1. The van der Waals surface area contributed by atoms with Gasteiger partial charge in [-0.15, -0.1) is 11.3 Å². The zero-order valence-corrected chi connectivity index (χ0v) is 11.1. The number of anilines is 1. The number of thiophene rings is 1. The fourth-order valence-corrected chi connectivity index (χ4v) is 3.01. The second kappa shape index (κ2) is 4.75. The van der Waals surface area contributed by atoms with Crippen LogP contribution in [0.1, 0.15) is 29.4 Å². The highest BCUT2D eigenvalue weighted by molar-refractivity contribution is 7.10. The first kappa shape index (κ1) is 12.3. The summed E-state index contributed by atoms with van der Waals surface area (Å²) in [5, 5.41) is 7.99. The highest BCUT2D eigenvalue weighted by Gasteiger charge is 2.31. The van der Waals surface area contributed by atoms with Gasteiger partial charge in [0.15, 0.2) is 0 Å². The lowest BCUT2D eigenvalue weighted by atomic mass is 10.1. The number of halogens is 1. The number of amides is 1. The van der Waals surface area contributed by atoms with Gasteiger partial charge in [0.1, 0.15) is 11.9 Å². The average molecular weight is 276 g/mol. The van der Waals surface area contributed by atoms with E-state index in [1.807, 2.05) is 24.4 Å². The molecular formula is C14H13FN2OS. The molecule has 0 bridgehead atoms. The van der Waals surface area contributed by atoms with Crippen molar-refractivity contribution in [2.75, 3.05) is 5.32 Å². The van der Waals surface area contributed by atoms with Crippen LogP contribution in [0.15, 0.2) is 35.7 Å². The molecule has 2 aromatic rings. The van der Waals surface area contributed by atoms with E-state index in [0.717, 1.165) is 5.56 Å². The van der Waals surface area contributed by atoms with E-state index < -0.39 is 6.04 Å². The maximum atomic E-state index is 13.1. The second-order valence-corrected chi connectivity index (χ2v) is 5.54. The second-order valence-electron chi connectivity index (χ2n) is 4.56. The lowest BCUT2D eigenvalue weighted by Gasteiger charge is -2.17. The molecule has 19 heavy (non-hydrogen) atoms. The molecule has 2 N–H and O–H groups in total. The van der Waals surface area contributed by atoms with Crippen LogP contribution in [0.5, 0.6) is 0 Å². The van der Waals surface area contributed by atoms with Crippen molar-refractivity contribution >= 4 is 22.9 Å². The summed E-state index contributed by atoms with van der Waals surface area (Å²) in [6.07, 6.45) is 0. The third kappa shape index (κ3) is 2.27. The summed E-state index contributed by atoms with van der Waals surface area (Å²) in [6, 6.07) is 8.05. The van der Waals surface area contributed by atoms with E-state index in [0.29, 0.717) is 5.69 Å². The van der Waals surface area contributed by atoms with Crippen molar-refractivity contribution < 1.29 is 9.18 Å². The van der Waals surface area contributed by atoms with E-state index in [9.17, 15) is 9.18 Å². The quantitative estimate of drug-likeness (QED) is 0.903. The summed E-state index contributed by atoms with van der Waals surface area (Å²) in [4.78, 5) is 13.1. The van der Waals surface area contributed by atoms with Crippen molar-refractivity contribution in [1.82, 2.24) is 5.32 Å². The fraction of sp³-hybridized carbons (Fsp3) is 0.214. The first-order chi connectivity index (χ1) is 9.15. The van der Waals surface area contributed by atoms with Gasteiger partial charge in [0.05, 0.1) is 0 Å². The van der Waals surface area contributed by atoms with Crippen LogP contribution < -0.4 is 10.6 Å². The fourth-order valence-electron chi connectivity index (χ4n) is 2.27. The Morgan fingerprint density at radius 1 is 1.42 bits per heavy atom. The van der Waals surface area contributed by atoms with E-state index in [-0.39, 0.29) is 17.8 Å². The van der Waals surface area contributed by atoms with Crippen LogP contribution in [0.2, 0.25) is 0 Å². The summed E-state index contributed by atoms with van der Waals surface area (Å²) in [5.74, 6) is -0.477. The predicted molar refractivity (Wildman–Crippen MR) is 73.6 cm³/mol. The van der Waals surface area contributed by atoms with Gasteiger partial charge in [0, 0.05) is 22.2 Å². The molecule has 1 amide bonds. The lowest BCUT2D eigenvalue weighted by molar-refractivity contribution is -0.117. The molecule has 2 unspecified atom stereocenters. The molecule has 5 heteroatoms. The maximum Gasteiger partial charge on any atom is 0.246 e. The van der Waals surface area contributed by atoms with Gasteiger partial charge in [-0.3, -0.25) is 10.1 Å². The largest absolute Gasteiger partial charge is 0.324 e. The molecule has 1 aliphatic heterocycles. The Hall–Kier alpha value is -1.72. The van der Waals surface area contributed by atoms with Crippen LogP contribution in [-0.2, 0) is 4.79 Å². The Morgan fingerprint density at radius 3 is 3.00 bits per heavy atom. The van der Waals surface area contributed by atoms with Gasteiger partial charge in [-0.2, -0.15) is 0 Å². The van der Waals surface area contributed by atoms with E-state index in [2.05, 4.69) is 10.6 Å². The molecule has 1 aliphatic rings. The molecule has 3 nitrogen and oxygen atoms in total. The molecule has 0 radical (unpaired) electrons. The molecule has 0 aliphatic carbocycles. The highest BCUT2D eigenvalue weighted by atomic mass is 32.1. The normalized spacial score (nSPS) is 19.1. The van der Waals surface area contributed by atoms with Gasteiger partial charge in [-0.05, 0) is 30.5 Å². The lowest BCUT2D eigenvalue weighted by Crippen LogP contribution is -2.29. The smallest absolute Gasteiger partial charge is 0.246 e. The van der Waals surface area contributed by atoms with Crippen LogP contribution in [0.25, 0.3) is 0 Å². The zero-order chi connectivity index (χ0) is 13.4. The summed E-state index contributed by atoms with van der Waals surface area (Å²) < 4.78 is 13.1. The average Bonchev–Trinajstić information content (AvgIpc) is 2.98. The Balaban J connectivity index is 1.84. The minimum Gasteiger partial charge on any atom is -0.324 e. The standard InChI is InChI=1S/C14H13FN2OS/c1-8(12-3-2-6-19-12)16-13-10-5-4-9(15)7-11(10)17-14(13)18/h2-8,13,16H,1H3,(H,17,18). The minimum absolute atomic E-state index is 0.0757. The van der Waals surface area contributed by atoms with Gasteiger partial charge in [-0.25, -0.2) is 4.39 Å². The van der Waals surface area contributed by atoms with Crippen molar-refractivity contribution in [3.63, 3.8) is 0 Å². The molecule has 98 valence electrons. The Bertz CT molecular complexity index is 612. The molecule has 0 spiro atoms. The molecule has 0 fully saturated rings. The van der Waals surface area contributed by atoms with Gasteiger partial charge in [0.25, 0.3) is 0 Å². The Kier molecular flexibility index (Phi) is 3.08. The Morgan fingerprint density at radius 2 is 2.26 bits per heavy atom. The molecular weight excluding hydrogens is 263 g/mol. The number of hydrogen-bond donors (Lipinski definition) is 2.